The van der Waals surface area contributed by atoms with Crippen LogP contribution >= 0.6 is 0 Å². The van der Waals surface area contributed by atoms with Crippen LogP contribution in [0.2, 0.25) is 0 Å². The van der Waals surface area contributed by atoms with Crippen LogP contribution in [0.15, 0.2) is 88.0 Å². The number of para-hydroxylation sites is 2. The first-order valence-electron chi connectivity index (χ1n) is 10.8. The van der Waals surface area contributed by atoms with Crippen molar-refractivity contribution in [2.75, 3.05) is 6.54 Å². The molecule has 32 heavy (non-hydrogen) atoms. The van der Waals surface area contributed by atoms with Gasteiger partial charge in [-0.15, -0.1) is 0 Å². The summed E-state index contributed by atoms with van der Waals surface area (Å²) >= 11 is 0. The number of rotatable bonds is 9. The molecule has 5 aromatic rings. The van der Waals surface area contributed by atoms with Crippen LogP contribution in [0, 0.1) is 0 Å². The number of hydrogen-bond acceptors (Lipinski definition) is 4. The minimum atomic E-state index is -0.404. The third-order valence-corrected chi connectivity index (χ3v) is 5.67. The van der Waals surface area contributed by atoms with Crippen LogP contribution in [-0.4, -0.2) is 23.5 Å². The molecule has 3 aromatic heterocycles. The van der Waals surface area contributed by atoms with Crippen molar-refractivity contribution < 1.29 is 13.6 Å². The Hall–Kier alpha value is -3.77. The van der Waals surface area contributed by atoms with Gasteiger partial charge in [-0.2, -0.15) is 0 Å². The number of aromatic nitrogens is 1. The van der Waals surface area contributed by atoms with E-state index in [4.69, 9.17) is 8.83 Å². The first kappa shape index (κ1) is 20.2. The van der Waals surface area contributed by atoms with E-state index in [0.717, 1.165) is 39.0 Å². The summed E-state index contributed by atoms with van der Waals surface area (Å²) in [4.78, 5) is 16.4. The highest BCUT2D eigenvalue weighted by Gasteiger charge is 2.21. The molecule has 3 heterocycles. The number of amides is 1. The largest absolute Gasteiger partial charge is 0.469 e. The monoisotopic (exact) mass is 427 g/mol. The second-order valence-corrected chi connectivity index (χ2v) is 7.87. The van der Waals surface area contributed by atoms with Gasteiger partial charge in [-0.05, 0) is 42.3 Å². The number of aromatic amines is 1. The summed E-state index contributed by atoms with van der Waals surface area (Å²) in [5.41, 5.74) is 3.01. The molecular weight excluding hydrogens is 402 g/mol. The lowest BCUT2D eigenvalue weighted by Crippen LogP contribution is -2.45. The van der Waals surface area contributed by atoms with Gasteiger partial charge >= 0.3 is 0 Å². The molecule has 6 heteroatoms. The van der Waals surface area contributed by atoms with E-state index in [2.05, 4.69) is 21.7 Å². The minimum Gasteiger partial charge on any atom is -0.469 e. The molecule has 162 valence electrons. The van der Waals surface area contributed by atoms with Gasteiger partial charge in [0.1, 0.15) is 17.1 Å². The Morgan fingerprint density at radius 3 is 2.75 bits per heavy atom. The van der Waals surface area contributed by atoms with Crippen LogP contribution in [0.25, 0.3) is 21.9 Å². The van der Waals surface area contributed by atoms with Crippen LogP contribution in [-0.2, 0) is 24.2 Å². The smallest absolute Gasteiger partial charge is 0.237 e. The Balaban J connectivity index is 1.30. The average molecular weight is 428 g/mol. The highest BCUT2D eigenvalue weighted by molar-refractivity contribution is 5.86. The van der Waals surface area contributed by atoms with E-state index in [9.17, 15) is 4.79 Å². The van der Waals surface area contributed by atoms with Crippen molar-refractivity contribution in [1.29, 1.82) is 0 Å². The Morgan fingerprint density at radius 2 is 1.88 bits per heavy atom. The van der Waals surface area contributed by atoms with E-state index in [0.29, 0.717) is 25.9 Å². The van der Waals surface area contributed by atoms with Gasteiger partial charge in [-0.25, -0.2) is 0 Å². The summed E-state index contributed by atoms with van der Waals surface area (Å²) in [5.74, 6) is 1.62. The fraction of sp³-hybridized carbons (Fsp3) is 0.192. The van der Waals surface area contributed by atoms with Crippen LogP contribution in [0.3, 0.4) is 0 Å². The lowest BCUT2D eigenvalue weighted by Gasteiger charge is -2.18. The maximum absolute atomic E-state index is 13.1. The quantitative estimate of drug-likeness (QED) is 0.322. The van der Waals surface area contributed by atoms with Crippen molar-refractivity contribution in [2.45, 2.75) is 25.4 Å². The molecule has 0 spiro atoms. The van der Waals surface area contributed by atoms with E-state index in [-0.39, 0.29) is 5.91 Å². The molecule has 0 aliphatic heterocycles. The summed E-state index contributed by atoms with van der Waals surface area (Å²) in [6, 6.07) is 21.4. The Morgan fingerprint density at radius 1 is 1.00 bits per heavy atom. The molecule has 0 radical (unpaired) electrons. The van der Waals surface area contributed by atoms with Gasteiger partial charge in [0.2, 0.25) is 5.91 Å². The zero-order valence-electron chi connectivity index (χ0n) is 17.6. The molecule has 1 unspecified atom stereocenters. The number of carbonyl (C=O) groups is 1. The normalized spacial score (nSPS) is 12.4. The predicted octanol–water partition coefficient (Wildman–Crippen LogP) is 4.57. The van der Waals surface area contributed by atoms with Crippen molar-refractivity contribution in [3.8, 4) is 0 Å². The van der Waals surface area contributed by atoms with Crippen LogP contribution < -0.4 is 10.6 Å². The zero-order chi connectivity index (χ0) is 21.8. The third kappa shape index (κ3) is 4.45. The number of furan rings is 2. The molecule has 1 amide bonds. The predicted molar refractivity (Wildman–Crippen MR) is 124 cm³/mol. The lowest BCUT2D eigenvalue weighted by molar-refractivity contribution is -0.123. The second-order valence-electron chi connectivity index (χ2n) is 7.87. The molecule has 0 aliphatic carbocycles. The van der Waals surface area contributed by atoms with E-state index < -0.39 is 6.04 Å². The van der Waals surface area contributed by atoms with E-state index in [1.54, 1.807) is 6.26 Å². The number of H-pyrrole nitrogens is 1. The van der Waals surface area contributed by atoms with Crippen molar-refractivity contribution in [3.05, 3.63) is 96.3 Å². The number of benzene rings is 2. The van der Waals surface area contributed by atoms with Gasteiger partial charge in [0.05, 0.1) is 18.8 Å². The van der Waals surface area contributed by atoms with Crippen LogP contribution in [0.4, 0.5) is 0 Å². The highest BCUT2D eigenvalue weighted by atomic mass is 16.3. The lowest BCUT2D eigenvalue weighted by atomic mass is 10.0. The van der Waals surface area contributed by atoms with Gasteiger partial charge in [0.25, 0.3) is 0 Å². The fourth-order valence-electron chi connectivity index (χ4n) is 4.01. The number of nitrogens with one attached hydrogen (secondary N) is 3. The minimum absolute atomic E-state index is 0.0436. The van der Waals surface area contributed by atoms with Gasteiger partial charge in [0.15, 0.2) is 0 Å². The summed E-state index contributed by atoms with van der Waals surface area (Å²) in [6.07, 6.45) is 4.85. The molecule has 0 saturated heterocycles. The first-order valence-corrected chi connectivity index (χ1v) is 10.8. The fourth-order valence-corrected chi connectivity index (χ4v) is 4.01. The Kier molecular flexibility index (Phi) is 5.77. The molecule has 6 nitrogen and oxygen atoms in total. The van der Waals surface area contributed by atoms with Gasteiger partial charge < -0.3 is 19.1 Å². The number of carbonyl (C=O) groups excluding carboxylic acids is 1. The van der Waals surface area contributed by atoms with Gasteiger partial charge in [-0.3, -0.25) is 10.1 Å². The van der Waals surface area contributed by atoms with Crippen molar-refractivity contribution >= 4 is 27.8 Å². The molecule has 0 aliphatic rings. The molecule has 0 fully saturated rings. The maximum Gasteiger partial charge on any atom is 0.237 e. The molecule has 1 atom stereocenters. The average Bonchev–Trinajstić information content (AvgIpc) is 3.56. The van der Waals surface area contributed by atoms with E-state index in [1.165, 1.54) is 0 Å². The van der Waals surface area contributed by atoms with Crippen molar-refractivity contribution in [3.63, 3.8) is 0 Å². The van der Waals surface area contributed by atoms with Crippen molar-refractivity contribution in [1.82, 2.24) is 15.6 Å². The standard InChI is InChI=1S/C26H25N3O3/c30-26(27-12-11-20-7-5-13-31-20)24(15-19-16-28-23-9-3-2-8-22(19)23)29-17-21-14-18-6-1-4-10-25(18)32-21/h1-10,13-14,16,24,28-29H,11-12,15,17H2,(H,27,30). The van der Waals surface area contributed by atoms with Crippen LogP contribution in [0.5, 0.6) is 0 Å². The maximum atomic E-state index is 13.1. The van der Waals surface area contributed by atoms with Gasteiger partial charge in [0, 0.05) is 35.5 Å². The summed E-state index contributed by atoms with van der Waals surface area (Å²) in [5, 5.41) is 8.63. The van der Waals surface area contributed by atoms with Crippen molar-refractivity contribution in [2.24, 2.45) is 0 Å². The molecular formula is C26H25N3O3. The van der Waals surface area contributed by atoms with E-state index >= 15 is 0 Å². The second kappa shape index (κ2) is 9.16. The Labute approximate surface area is 185 Å². The topological polar surface area (TPSA) is 83.2 Å². The molecule has 3 N–H and O–H groups in total. The molecule has 0 saturated carbocycles. The van der Waals surface area contributed by atoms with Crippen LogP contribution in [0.1, 0.15) is 17.1 Å². The molecule has 5 rings (SSSR count). The number of fused-ring (bicyclic) bond motifs is 2. The summed E-state index contributed by atoms with van der Waals surface area (Å²) in [7, 11) is 0. The highest BCUT2D eigenvalue weighted by Crippen LogP contribution is 2.21. The Bertz CT molecular complexity index is 1280. The zero-order valence-corrected chi connectivity index (χ0v) is 17.6. The SMILES string of the molecule is O=C(NCCc1ccco1)C(Cc1c[nH]c2ccccc12)NCc1cc2ccccc2o1. The molecule has 0 bridgehead atoms. The first-order chi connectivity index (χ1) is 15.8. The summed E-state index contributed by atoms with van der Waals surface area (Å²) < 4.78 is 11.3. The molecule has 2 aromatic carbocycles. The third-order valence-electron chi connectivity index (χ3n) is 5.67. The van der Waals surface area contributed by atoms with E-state index in [1.807, 2.05) is 66.9 Å². The van der Waals surface area contributed by atoms with Gasteiger partial charge in [-0.1, -0.05) is 36.4 Å². The number of hydrogen-bond donors (Lipinski definition) is 3. The summed E-state index contributed by atoms with van der Waals surface area (Å²) in [6.45, 7) is 0.982.